The van der Waals surface area contributed by atoms with E-state index in [0.717, 1.165) is 4.47 Å². The molecule has 0 heterocycles. The molecular formula is C13H17BrClNO3. The lowest BCUT2D eigenvalue weighted by atomic mass is 10.0. The summed E-state index contributed by atoms with van der Waals surface area (Å²) in [5.41, 5.74) is -0.636. The number of rotatable bonds is 6. The number of hydrogen-bond acceptors (Lipinski definition) is 3. The SMILES string of the molecule is COCCC(C)(O)CNC(=O)c1cc(Br)ccc1Cl. The van der Waals surface area contributed by atoms with Crippen molar-refractivity contribution in [1.82, 2.24) is 5.32 Å². The summed E-state index contributed by atoms with van der Waals surface area (Å²) in [5, 5.41) is 13.1. The molecule has 1 atom stereocenters. The van der Waals surface area contributed by atoms with Crippen LogP contribution in [0, 0.1) is 0 Å². The van der Waals surface area contributed by atoms with Crippen molar-refractivity contribution >= 4 is 33.4 Å². The molecule has 19 heavy (non-hydrogen) atoms. The first-order chi connectivity index (χ1) is 8.85. The smallest absolute Gasteiger partial charge is 0.252 e. The number of aliphatic hydroxyl groups is 1. The minimum atomic E-state index is -1.01. The first-order valence-electron chi connectivity index (χ1n) is 5.80. The van der Waals surface area contributed by atoms with Crippen molar-refractivity contribution < 1.29 is 14.6 Å². The highest BCUT2D eigenvalue weighted by molar-refractivity contribution is 9.10. The van der Waals surface area contributed by atoms with Crippen molar-refractivity contribution in [3.63, 3.8) is 0 Å². The molecule has 0 aromatic heterocycles. The summed E-state index contributed by atoms with van der Waals surface area (Å²) in [6.07, 6.45) is 0.440. The van der Waals surface area contributed by atoms with Crippen LogP contribution in [0.1, 0.15) is 23.7 Å². The van der Waals surface area contributed by atoms with Gasteiger partial charge in [-0.3, -0.25) is 4.79 Å². The lowest BCUT2D eigenvalue weighted by molar-refractivity contribution is 0.0243. The number of nitrogens with one attached hydrogen (secondary N) is 1. The van der Waals surface area contributed by atoms with Crippen LogP contribution in [0.5, 0.6) is 0 Å². The Balaban J connectivity index is 2.62. The predicted octanol–water partition coefficient (Wildman–Crippen LogP) is 2.62. The highest BCUT2D eigenvalue weighted by atomic mass is 79.9. The second-order valence-corrected chi connectivity index (χ2v) is 5.87. The number of carbonyl (C=O) groups excluding carboxylic acids is 1. The maximum absolute atomic E-state index is 12.0. The third kappa shape index (κ3) is 5.48. The van der Waals surface area contributed by atoms with Gasteiger partial charge in [-0.15, -0.1) is 0 Å². The van der Waals surface area contributed by atoms with E-state index in [1.54, 1.807) is 32.2 Å². The van der Waals surface area contributed by atoms with Crippen LogP contribution in [0.2, 0.25) is 5.02 Å². The molecule has 0 aliphatic heterocycles. The second-order valence-electron chi connectivity index (χ2n) is 4.55. The van der Waals surface area contributed by atoms with Gasteiger partial charge in [0.15, 0.2) is 0 Å². The molecule has 0 aliphatic rings. The van der Waals surface area contributed by atoms with Crippen LogP contribution in [-0.4, -0.2) is 36.9 Å². The van der Waals surface area contributed by atoms with Crippen LogP contribution in [0.15, 0.2) is 22.7 Å². The van der Waals surface area contributed by atoms with Crippen molar-refractivity contribution in [2.24, 2.45) is 0 Å². The van der Waals surface area contributed by atoms with Gasteiger partial charge in [-0.2, -0.15) is 0 Å². The van der Waals surface area contributed by atoms with E-state index in [1.807, 2.05) is 0 Å². The van der Waals surface area contributed by atoms with Gasteiger partial charge in [0.25, 0.3) is 5.91 Å². The van der Waals surface area contributed by atoms with Crippen LogP contribution in [0.4, 0.5) is 0 Å². The van der Waals surface area contributed by atoms with Crippen molar-refractivity contribution in [2.45, 2.75) is 18.9 Å². The van der Waals surface area contributed by atoms with Gasteiger partial charge in [-0.1, -0.05) is 27.5 Å². The molecule has 1 aromatic rings. The summed E-state index contributed by atoms with van der Waals surface area (Å²) in [4.78, 5) is 12.0. The molecule has 1 aromatic carbocycles. The molecule has 0 aliphatic carbocycles. The van der Waals surface area contributed by atoms with Gasteiger partial charge in [0, 0.05) is 31.2 Å². The number of hydrogen-bond donors (Lipinski definition) is 2. The van der Waals surface area contributed by atoms with Crippen LogP contribution in [-0.2, 0) is 4.74 Å². The van der Waals surface area contributed by atoms with Gasteiger partial charge in [0.2, 0.25) is 0 Å². The van der Waals surface area contributed by atoms with Gasteiger partial charge in [0.05, 0.1) is 16.2 Å². The van der Waals surface area contributed by atoms with Gasteiger partial charge >= 0.3 is 0 Å². The van der Waals surface area contributed by atoms with Crippen LogP contribution >= 0.6 is 27.5 Å². The average Bonchev–Trinajstić information content (AvgIpc) is 2.36. The summed E-state index contributed by atoms with van der Waals surface area (Å²) in [6, 6.07) is 5.04. The molecule has 106 valence electrons. The summed E-state index contributed by atoms with van der Waals surface area (Å²) in [5.74, 6) is -0.316. The quantitative estimate of drug-likeness (QED) is 0.829. The average molecular weight is 351 g/mol. The van der Waals surface area contributed by atoms with E-state index in [-0.39, 0.29) is 12.5 Å². The predicted molar refractivity (Wildman–Crippen MR) is 78.6 cm³/mol. The molecule has 6 heteroatoms. The zero-order valence-corrected chi connectivity index (χ0v) is 13.2. The Kier molecular flexibility index (Phi) is 6.26. The first kappa shape index (κ1) is 16.4. The molecule has 1 unspecified atom stereocenters. The highest BCUT2D eigenvalue weighted by Crippen LogP contribution is 2.21. The van der Waals surface area contributed by atoms with Crippen molar-refractivity contribution in [3.05, 3.63) is 33.3 Å². The first-order valence-corrected chi connectivity index (χ1v) is 6.97. The molecule has 1 rings (SSSR count). The maximum Gasteiger partial charge on any atom is 0.252 e. The largest absolute Gasteiger partial charge is 0.388 e. The number of carbonyl (C=O) groups is 1. The van der Waals surface area contributed by atoms with E-state index >= 15 is 0 Å². The van der Waals surface area contributed by atoms with Crippen LogP contribution < -0.4 is 5.32 Å². The Morgan fingerprint density at radius 3 is 2.89 bits per heavy atom. The monoisotopic (exact) mass is 349 g/mol. The van der Waals surface area contributed by atoms with E-state index in [9.17, 15) is 9.90 Å². The fraction of sp³-hybridized carbons (Fsp3) is 0.462. The third-order valence-corrected chi connectivity index (χ3v) is 3.47. The number of methoxy groups -OCH3 is 1. The molecule has 1 amide bonds. The van der Waals surface area contributed by atoms with Crippen molar-refractivity contribution in [2.75, 3.05) is 20.3 Å². The van der Waals surface area contributed by atoms with E-state index in [4.69, 9.17) is 16.3 Å². The summed E-state index contributed by atoms with van der Waals surface area (Å²) in [6.45, 7) is 2.22. The number of amides is 1. The number of benzene rings is 1. The van der Waals surface area contributed by atoms with Crippen LogP contribution in [0.3, 0.4) is 0 Å². The number of ether oxygens (including phenoxy) is 1. The lowest BCUT2D eigenvalue weighted by Gasteiger charge is -2.23. The Labute approximate surface area is 126 Å². The molecule has 0 fully saturated rings. The van der Waals surface area contributed by atoms with E-state index < -0.39 is 5.60 Å². The Morgan fingerprint density at radius 2 is 2.26 bits per heavy atom. The standard InChI is InChI=1S/C13H17BrClNO3/c1-13(18,5-6-19-2)8-16-12(17)10-7-9(14)3-4-11(10)15/h3-4,7,18H,5-6,8H2,1-2H3,(H,16,17). The van der Waals surface area contributed by atoms with Gasteiger partial charge in [0.1, 0.15) is 0 Å². The minimum Gasteiger partial charge on any atom is -0.388 e. The molecule has 0 saturated heterocycles. The van der Waals surface area contributed by atoms with Crippen molar-refractivity contribution in [3.8, 4) is 0 Å². The zero-order valence-electron chi connectivity index (χ0n) is 10.9. The van der Waals surface area contributed by atoms with Gasteiger partial charge < -0.3 is 15.2 Å². The Morgan fingerprint density at radius 1 is 1.58 bits per heavy atom. The molecule has 0 spiro atoms. The Bertz CT molecular complexity index is 452. The van der Waals surface area contributed by atoms with Gasteiger partial charge in [-0.25, -0.2) is 0 Å². The summed E-state index contributed by atoms with van der Waals surface area (Å²) >= 11 is 9.25. The fourth-order valence-electron chi connectivity index (χ4n) is 1.45. The summed E-state index contributed by atoms with van der Waals surface area (Å²) in [7, 11) is 1.57. The zero-order chi connectivity index (χ0) is 14.5. The normalized spacial score (nSPS) is 13.9. The minimum absolute atomic E-state index is 0.137. The van der Waals surface area contributed by atoms with Crippen molar-refractivity contribution in [1.29, 1.82) is 0 Å². The lowest BCUT2D eigenvalue weighted by Crippen LogP contribution is -2.41. The fourth-order valence-corrected chi connectivity index (χ4v) is 2.01. The van der Waals surface area contributed by atoms with E-state index in [2.05, 4.69) is 21.2 Å². The second kappa shape index (κ2) is 7.24. The molecule has 0 bridgehead atoms. The highest BCUT2D eigenvalue weighted by Gasteiger charge is 2.21. The van der Waals surface area contributed by atoms with E-state index in [1.165, 1.54) is 0 Å². The van der Waals surface area contributed by atoms with Gasteiger partial charge in [-0.05, 0) is 25.1 Å². The maximum atomic E-state index is 12.0. The Hall–Kier alpha value is -0.620. The van der Waals surface area contributed by atoms with Crippen LogP contribution in [0.25, 0.3) is 0 Å². The topological polar surface area (TPSA) is 58.6 Å². The summed E-state index contributed by atoms with van der Waals surface area (Å²) < 4.78 is 5.68. The molecule has 0 saturated carbocycles. The number of halogens is 2. The molecule has 0 radical (unpaired) electrons. The van der Waals surface area contributed by atoms with E-state index in [0.29, 0.717) is 23.6 Å². The molecular weight excluding hydrogens is 334 g/mol. The molecule has 2 N–H and O–H groups in total. The molecule has 4 nitrogen and oxygen atoms in total. The third-order valence-electron chi connectivity index (χ3n) is 2.65.